The number of carbonyl (C=O) groups is 2. The second-order valence-electron chi connectivity index (χ2n) is 5.74. The van der Waals surface area contributed by atoms with Crippen LogP contribution in [0.25, 0.3) is 0 Å². The van der Waals surface area contributed by atoms with Gasteiger partial charge < -0.3 is 15.4 Å². The summed E-state index contributed by atoms with van der Waals surface area (Å²) in [5, 5.41) is 5.95. The van der Waals surface area contributed by atoms with E-state index in [1.165, 1.54) is 11.8 Å². The number of carbonyl (C=O) groups excluding carboxylic acids is 2. The van der Waals surface area contributed by atoms with E-state index < -0.39 is 11.6 Å². The van der Waals surface area contributed by atoms with Gasteiger partial charge in [-0.25, -0.2) is 4.79 Å². The van der Waals surface area contributed by atoms with Crippen molar-refractivity contribution in [2.45, 2.75) is 38.8 Å². The molecule has 0 spiro atoms. The first kappa shape index (κ1) is 16.3. The number of amides is 1. The minimum Gasteiger partial charge on any atom is -0.458 e. The maximum absolute atomic E-state index is 12.0. The molecule has 0 unspecified atom stereocenters. The smallest absolute Gasteiger partial charge is 0.330 e. The predicted molar refractivity (Wildman–Crippen MR) is 77.1 cm³/mol. The topological polar surface area (TPSA) is 67.4 Å². The molecule has 0 aromatic heterocycles. The van der Waals surface area contributed by atoms with Crippen molar-refractivity contribution in [3.63, 3.8) is 0 Å². The van der Waals surface area contributed by atoms with Crippen molar-refractivity contribution in [2.75, 3.05) is 25.1 Å². The fraction of sp³-hybridized carbons (Fsp3) is 0.846. The number of rotatable bonds is 5. The quantitative estimate of drug-likeness (QED) is 0.732. The molecule has 0 saturated carbocycles. The molecule has 1 rings (SSSR count). The van der Waals surface area contributed by atoms with Crippen LogP contribution in [-0.4, -0.2) is 48.6 Å². The monoisotopic (exact) mass is 288 g/mol. The first-order valence-electron chi connectivity index (χ1n) is 6.56. The minimum atomic E-state index is -0.567. The Kier molecular flexibility index (Phi) is 6.13. The Morgan fingerprint density at radius 2 is 2.16 bits per heavy atom. The van der Waals surface area contributed by atoms with Crippen LogP contribution < -0.4 is 10.6 Å². The largest absolute Gasteiger partial charge is 0.458 e. The molecule has 6 heteroatoms. The summed E-state index contributed by atoms with van der Waals surface area (Å²) in [6.45, 7) is 7.02. The predicted octanol–water partition coefficient (Wildman–Crippen LogP) is 0.785. The first-order valence-corrected chi connectivity index (χ1v) is 7.96. The van der Waals surface area contributed by atoms with Crippen LogP contribution in [0.1, 0.15) is 27.2 Å². The summed E-state index contributed by atoms with van der Waals surface area (Å²) >= 11 is 1.52. The zero-order valence-electron chi connectivity index (χ0n) is 12.1. The number of hydrogen-bond acceptors (Lipinski definition) is 5. The molecule has 0 aromatic rings. The molecular weight excluding hydrogens is 264 g/mol. The Hall–Kier alpha value is -0.750. The Bertz CT molecular complexity index is 322. The summed E-state index contributed by atoms with van der Waals surface area (Å²) in [6.07, 6.45) is 2.73. The molecule has 5 nitrogen and oxygen atoms in total. The van der Waals surface area contributed by atoms with Crippen LogP contribution in [-0.2, 0) is 14.3 Å². The van der Waals surface area contributed by atoms with E-state index in [1.54, 1.807) is 0 Å². The fourth-order valence-corrected chi connectivity index (χ4v) is 2.43. The highest BCUT2D eigenvalue weighted by Gasteiger charge is 2.29. The lowest BCUT2D eigenvalue weighted by Crippen LogP contribution is -2.48. The van der Waals surface area contributed by atoms with Gasteiger partial charge in [0.1, 0.15) is 11.6 Å². The van der Waals surface area contributed by atoms with Crippen molar-refractivity contribution in [1.82, 2.24) is 10.6 Å². The van der Waals surface area contributed by atoms with Gasteiger partial charge in [0.25, 0.3) is 0 Å². The molecule has 1 amide bonds. The van der Waals surface area contributed by atoms with Crippen LogP contribution in [0.4, 0.5) is 0 Å². The van der Waals surface area contributed by atoms with Gasteiger partial charge in [-0.2, -0.15) is 11.8 Å². The van der Waals surface area contributed by atoms with Gasteiger partial charge in [-0.05, 0) is 40.0 Å². The van der Waals surface area contributed by atoms with Crippen LogP contribution >= 0.6 is 11.8 Å². The fourth-order valence-electron chi connectivity index (χ4n) is 1.88. The molecule has 2 atom stereocenters. The summed E-state index contributed by atoms with van der Waals surface area (Å²) in [6, 6.07) is -0.567. The van der Waals surface area contributed by atoms with E-state index in [0.29, 0.717) is 12.3 Å². The molecule has 0 aromatic carbocycles. The minimum absolute atomic E-state index is 0.0354. The summed E-state index contributed by atoms with van der Waals surface area (Å²) in [5.41, 5.74) is -0.534. The Balaban J connectivity index is 2.56. The van der Waals surface area contributed by atoms with E-state index in [4.69, 9.17) is 4.74 Å². The summed E-state index contributed by atoms with van der Waals surface area (Å²) in [7, 11) is 0. The first-order chi connectivity index (χ1) is 8.83. The highest BCUT2D eigenvalue weighted by Crippen LogP contribution is 2.12. The van der Waals surface area contributed by atoms with E-state index >= 15 is 0 Å². The van der Waals surface area contributed by atoms with Crippen LogP contribution in [0.5, 0.6) is 0 Å². The molecule has 19 heavy (non-hydrogen) atoms. The highest BCUT2D eigenvalue weighted by atomic mass is 32.2. The number of nitrogens with one attached hydrogen (secondary N) is 2. The van der Waals surface area contributed by atoms with Crippen LogP contribution in [0, 0.1) is 5.92 Å². The third-order valence-corrected chi connectivity index (χ3v) is 3.44. The van der Waals surface area contributed by atoms with Crippen LogP contribution in [0.3, 0.4) is 0 Å². The third kappa shape index (κ3) is 5.82. The molecule has 1 heterocycles. The van der Waals surface area contributed by atoms with Gasteiger partial charge in [-0.3, -0.25) is 4.79 Å². The molecule has 0 bridgehead atoms. The molecule has 1 fully saturated rings. The van der Waals surface area contributed by atoms with E-state index in [2.05, 4.69) is 10.6 Å². The maximum Gasteiger partial charge on any atom is 0.330 e. The lowest BCUT2D eigenvalue weighted by Gasteiger charge is -2.25. The second kappa shape index (κ2) is 7.14. The number of thioether (sulfide) groups is 1. The molecule has 1 saturated heterocycles. The molecule has 110 valence electrons. The zero-order chi connectivity index (χ0) is 14.5. The van der Waals surface area contributed by atoms with E-state index in [9.17, 15) is 9.59 Å². The van der Waals surface area contributed by atoms with Gasteiger partial charge >= 0.3 is 5.97 Å². The van der Waals surface area contributed by atoms with Crippen LogP contribution in [0.2, 0.25) is 0 Å². The third-order valence-electron chi connectivity index (χ3n) is 2.77. The lowest BCUT2D eigenvalue weighted by atomic mass is 10.1. The lowest BCUT2D eigenvalue weighted by molar-refractivity contribution is -0.158. The molecule has 0 aliphatic carbocycles. The van der Waals surface area contributed by atoms with Gasteiger partial charge in [0.05, 0.1) is 5.92 Å². The SMILES string of the molecule is CSC[C@H](NC(=O)[C@H]1CCNC1)C(=O)OC(C)(C)C. The average molecular weight is 288 g/mol. The van der Waals surface area contributed by atoms with Crippen molar-refractivity contribution >= 4 is 23.6 Å². The van der Waals surface area contributed by atoms with Crippen molar-refractivity contribution in [2.24, 2.45) is 5.92 Å². The normalized spacial score (nSPS) is 20.9. The van der Waals surface area contributed by atoms with Gasteiger partial charge in [-0.1, -0.05) is 0 Å². The summed E-state index contributed by atoms with van der Waals surface area (Å²) in [4.78, 5) is 24.1. The van der Waals surface area contributed by atoms with E-state index in [1.807, 2.05) is 27.0 Å². The Morgan fingerprint density at radius 3 is 2.63 bits per heavy atom. The zero-order valence-corrected chi connectivity index (χ0v) is 12.9. The highest BCUT2D eigenvalue weighted by molar-refractivity contribution is 7.98. The maximum atomic E-state index is 12.0. The van der Waals surface area contributed by atoms with Crippen molar-refractivity contribution in [3.05, 3.63) is 0 Å². The second-order valence-corrected chi connectivity index (χ2v) is 6.65. The number of ether oxygens (including phenoxy) is 1. The van der Waals surface area contributed by atoms with E-state index in [-0.39, 0.29) is 17.8 Å². The molecule has 0 radical (unpaired) electrons. The molecule has 1 aliphatic heterocycles. The van der Waals surface area contributed by atoms with Crippen molar-refractivity contribution in [3.8, 4) is 0 Å². The van der Waals surface area contributed by atoms with Gasteiger partial charge in [0.15, 0.2) is 0 Å². The van der Waals surface area contributed by atoms with Gasteiger partial charge in [0, 0.05) is 12.3 Å². The standard InChI is InChI=1S/C13H24N2O3S/c1-13(2,3)18-12(17)10(8-19-4)15-11(16)9-5-6-14-7-9/h9-10,14H,5-8H2,1-4H3,(H,15,16)/t9-,10-/m0/s1. The average Bonchev–Trinajstić information content (AvgIpc) is 2.79. The number of hydrogen-bond donors (Lipinski definition) is 2. The Morgan fingerprint density at radius 1 is 1.47 bits per heavy atom. The molecular formula is C13H24N2O3S. The van der Waals surface area contributed by atoms with Crippen LogP contribution in [0.15, 0.2) is 0 Å². The Labute approximate surface area is 119 Å². The molecule has 1 aliphatic rings. The number of esters is 1. The van der Waals surface area contributed by atoms with Crippen molar-refractivity contribution < 1.29 is 14.3 Å². The van der Waals surface area contributed by atoms with Gasteiger partial charge in [-0.15, -0.1) is 0 Å². The molecule has 2 N–H and O–H groups in total. The summed E-state index contributed by atoms with van der Waals surface area (Å²) < 4.78 is 5.33. The van der Waals surface area contributed by atoms with Gasteiger partial charge in [0.2, 0.25) is 5.91 Å². The van der Waals surface area contributed by atoms with Crippen molar-refractivity contribution in [1.29, 1.82) is 0 Å². The summed E-state index contributed by atoms with van der Waals surface area (Å²) in [5.74, 6) is 0.0729. The van der Waals surface area contributed by atoms with E-state index in [0.717, 1.165) is 13.0 Å².